The number of amides is 1. The zero-order chi connectivity index (χ0) is 14.1. The lowest BCUT2D eigenvalue weighted by molar-refractivity contribution is 0.102. The van der Waals surface area contributed by atoms with E-state index in [-0.39, 0.29) is 11.7 Å². The second kappa shape index (κ2) is 5.26. The van der Waals surface area contributed by atoms with E-state index in [0.717, 1.165) is 17.2 Å². The van der Waals surface area contributed by atoms with Crippen LogP contribution in [0.25, 0.3) is 11.0 Å². The Labute approximate surface area is 126 Å². The predicted octanol–water partition coefficient (Wildman–Crippen LogP) is 3.85. The Morgan fingerprint density at radius 1 is 1.15 bits per heavy atom. The van der Waals surface area contributed by atoms with Gasteiger partial charge in [-0.15, -0.1) is 0 Å². The first-order chi connectivity index (χ1) is 9.63. The van der Waals surface area contributed by atoms with Crippen LogP contribution in [0.15, 0.2) is 40.9 Å². The molecular weight excluding hydrogens is 345 g/mol. The third kappa shape index (κ3) is 2.54. The molecule has 4 nitrogen and oxygen atoms in total. The number of nitrogens with one attached hydrogen (secondary N) is 1. The average Bonchev–Trinajstić information content (AvgIpc) is 2.87. The normalized spacial score (nSPS) is 10.7. The lowest BCUT2D eigenvalue weighted by atomic mass is 10.2. The fraction of sp³-hybridized carbons (Fsp3) is 0. The monoisotopic (exact) mass is 351 g/mol. The third-order valence-corrected chi connectivity index (χ3v) is 3.91. The number of hydrogen-bond acceptors (Lipinski definition) is 4. The maximum atomic E-state index is 12.8. The van der Waals surface area contributed by atoms with Crippen LogP contribution in [-0.2, 0) is 0 Å². The Kier molecular flexibility index (Phi) is 3.45. The summed E-state index contributed by atoms with van der Waals surface area (Å²) in [6.45, 7) is 0. The van der Waals surface area contributed by atoms with E-state index in [0.29, 0.717) is 21.2 Å². The quantitative estimate of drug-likeness (QED) is 0.762. The van der Waals surface area contributed by atoms with Gasteiger partial charge >= 0.3 is 0 Å². The molecule has 0 aliphatic rings. The van der Waals surface area contributed by atoms with Crippen LogP contribution >= 0.6 is 27.7 Å². The number of rotatable bonds is 2. The van der Waals surface area contributed by atoms with Crippen molar-refractivity contribution in [3.8, 4) is 0 Å². The van der Waals surface area contributed by atoms with Crippen molar-refractivity contribution in [2.75, 3.05) is 5.32 Å². The van der Waals surface area contributed by atoms with Gasteiger partial charge in [0.05, 0.1) is 17.4 Å². The van der Waals surface area contributed by atoms with Gasteiger partial charge in [-0.05, 0) is 52.3 Å². The van der Waals surface area contributed by atoms with E-state index in [4.69, 9.17) is 0 Å². The molecule has 1 N–H and O–H groups in total. The Bertz CT molecular complexity index is 788. The lowest BCUT2D eigenvalue weighted by Crippen LogP contribution is -2.12. The zero-order valence-corrected chi connectivity index (χ0v) is 12.3. The molecule has 0 radical (unpaired) electrons. The number of aromatic nitrogens is 2. The fourth-order valence-electron chi connectivity index (χ4n) is 1.70. The summed E-state index contributed by atoms with van der Waals surface area (Å²) < 4.78 is 21.8. The molecule has 0 unspecified atom stereocenters. The van der Waals surface area contributed by atoms with Crippen LogP contribution in [0, 0.1) is 5.82 Å². The van der Waals surface area contributed by atoms with Crippen LogP contribution in [0.1, 0.15) is 10.4 Å². The van der Waals surface area contributed by atoms with E-state index >= 15 is 0 Å². The first kappa shape index (κ1) is 13.1. The SMILES string of the molecule is O=C(Nc1cc2nsnc2cc1Br)c1ccc(F)cc1. The number of anilines is 1. The average molecular weight is 352 g/mol. The second-order valence-corrected chi connectivity index (χ2v) is 5.43. The van der Waals surface area contributed by atoms with Gasteiger partial charge in [-0.3, -0.25) is 4.79 Å². The van der Waals surface area contributed by atoms with E-state index in [1.165, 1.54) is 24.3 Å². The standard InChI is InChI=1S/C13H7BrFN3OS/c14-9-5-11-12(18-20-17-11)6-10(9)16-13(19)7-1-3-8(15)4-2-7/h1-6H,(H,16,19). The van der Waals surface area contributed by atoms with Crippen molar-refractivity contribution in [3.05, 3.63) is 52.3 Å². The van der Waals surface area contributed by atoms with Crippen LogP contribution in [0.4, 0.5) is 10.1 Å². The highest BCUT2D eigenvalue weighted by Crippen LogP contribution is 2.28. The fourth-order valence-corrected chi connectivity index (χ4v) is 2.64. The first-order valence-corrected chi connectivity index (χ1v) is 7.14. The van der Waals surface area contributed by atoms with Crippen LogP contribution in [0.5, 0.6) is 0 Å². The molecule has 1 aromatic heterocycles. The molecule has 0 fully saturated rings. The van der Waals surface area contributed by atoms with Crippen molar-refractivity contribution >= 4 is 50.3 Å². The molecule has 20 heavy (non-hydrogen) atoms. The molecular formula is C13H7BrFN3OS. The van der Waals surface area contributed by atoms with E-state index in [1.807, 2.05) is 0 Å². The van der Waals surface area contributed by atoms with Gasteiger partial charge in [0.15, 0.2) is 0 Å². The summed E-state index contributed by atoms with van der Waals surface area (Å²) in [7, 11) is 0. The van der Waals surface area contributed by atoms with Gasteiger partial charge in [-0.2, -0.15) is 8.75 Å². The minimum absolute atomic E-state index is 0.312. The maximum Gasteiger partial charge on any atom is 0.255 e. The number of benzene rings is 2. The maximum absolute atomic E-state index is 12.8. The van der Waals surface area contributed by atoms with E-state index < -0.39 is 0 Å². The summed E-state index contributed by atoms with van der Waals surface area (Å²) in [5.41, 5.74) is 2.46. The number of hydrogen-bond donors (Lipinski definition) is 1. The molecule has 0 aliphatic carbocycles. The van der Waals surface area contributed by atoms with E-state index in [2.05, 4.69) is 30.0 Å². The van der Waals surface area contributed by atoms with Crippen LogP contribution in [0.3, 0.4) is 0 Å². The molecule has 7 heteroatoms. The smallest absolute Gasteiger partial charge is 0.255 e. The van der Waals surface area contributed by atoms with Gasteiger partial charge in [0, 0.05) is 10.0 Å². The molecule has 1 heterocycles. The van der Waals surface area contributed by atoms with E-state index in [1.54, 1.807) is 12.1 Å². The molecule has 0 saturated carbocycles. The van der Waals surface area contributed by atoms with Crippen LogP contribution in [-0.4, -0.2) is 14.7 Å². The van der Waals surface area contributed by atoms with Crippen molar-refractivity contribution in [3.63, 3.8) is 0 Å². The second-order valence-electron chi connectivity index (χ2n) is 4.05. The summed E-state index contributed by atoms with van der Waals surface area (Å²) in [5.74, 6) is -0.689. The number of carbonyl (C=O) groups excluding carboxylic acids is 1. The summed E-state index contributed by atoms with van der Waals surface area (Å²) in [6, 6.07) is 8.89. The van der Waals surface area contributed by atoms with E-state index in [9.17, 15) is 9.18 Å². The summed E-state index contributed by atoms with van der Waals surface area (Å²) in [6.07, 6.45) is 0. The molecule has 100 valence electrons. The van der Waals surface area contributed by atoms with Crippen LogP contribution in [0.2, 0.25) is 0 Å². The third-order valence-electron chi connectivity index (χ3n) is 2.70. The van der Waals surface area contributed by atoms with Gasteiger partial charge in [-0.25, -0.2) is 4.39 Å². The van der Waals surface area contributed by atoms with Crippen molar-refractivity contribution < 1.29 is 9.18 Å². The summed E-state index contributed by atoms with van der Waals surface area (Å²) >= 11 is 4.49. The number of nitrogens with zero attached hydrogens (tertiary/aromatic N) is 2. The van der Waals surface area contributed by atoms with Crippen LogP contribution < -0.4 is 5.32 Å². The number of carbonyl (C=O) groups is 1. The van der Waals surface area contributed by atoms with Crippen molar-refractivity contribution in [1.29, 1.82) is 0 Å². The lowest BCUT2D eigenvalue weighted by Gasteiger charge is -2.07. The largest absolute Gasteiger partial charge is 0.321 e. The Hall–Kier alpha value is -1.86. The van der Waals surface area contributed by atoms with Gasteiger partial charge < -0.3 is 5.32 Å². The molecule has 3 aromatic rings. The first-order valence-electron chi connectivity index (χ1n) is 5.62. The highest BCUT2D eigenvalue weighted by atomic mass is 79.9. The molecule has 0 bridgehead atoms. The number of halogens is 2. The van der Waals surface area contributed by atoms with Gasteiger partial charge in [-0.1, -0.05) is 0 Å². The Morgan fingerprint density at radius 3 is 2.50 bits per heavy atom. The topological polar surface area (TPSA) is 54.9 Å². The molecule has 3 rings (SSSR count). The minimum atomic E-state index is -0.377. The molecule has 0 spiro atoms. The number of fused-ring (bicyclic) bond motifs is 1. The highest BCUT2D eigenvalue weighted by Gasteiger charge is 2.11. The molecule has 2 aromatic carbocycles. The Balaban J connectivity index is 1.90. The van der Waals surface area contributed by atoms with Gasteiger partial charge in [0.25, 0.3) is 5.91 Å². The van der Waals surface area contributed by atoms with Crippen molar-refractivity contribution in [2.45, 2.75) is 0 Å². The highest BCUT2D eigenvalue weighted by molar-refractivity contribution is 9.10. The molecule has 0 atom stereocenters. The zero-order valence-electron chi connectivity index (χ0n) is 9.93. The van der Waals surface area contributed by atoms with Crippen molar-refractivity contribution in [2.24, 2.45) is 0 Å². The van der Waals surface area contributed by atoms with Gasteiger partial charge in [0.1, 0.15) is 16.9 Å². The summed E-state index contributed by atoms with van der Waals surface area (Å²) in [4.78, 5) is 12.1. The molecule has 0 aliphatic heterocycles. The Morgan fingerprint density at radius 2 is 1.80 bits per heavy atom. The summed E-state index contributed by atoms with van der Waals surface area (Å²) in [5, 5.41) is 2.76. The van der Waals surface area contributed by atoms with Gasteiger partial charge in [0.2, 0.25) is 0 Å². The predicted molar refractivity (Wildman–Crippen MR) is 79.5 cm³/mol. The molecule has 1 amide bonds. The van der Waals surface area contributed by atoms with Crippen molar-refractivity contribution in [1.82, 2.24) is 8.75 Å². The molecule has 0 saturated heterocycles. The minimum Gasteiger partial charge on any atom is -0.321 e.